The molecule has 0 heterocycles. The first-order chi connectivity index (χ1) is 10.6. The highest BCUT2D eigenvalue weighted by Crippen LogP contribution is 2.10. The van der Waals surface area contributed by atoms with Gasteiger partial charge in [-0.15, -0.1) is 0 Å². The molecular weight excluding hydrogens is 278 g/mol. The molecule has 2 rings (SSSR count). The fourth-order valence-corrected chi connectivity index (χ4v) is 1.85. The van der Waals surface area contributed by atoms with Crippen molar-refractivity contribution in [3.63, 3.8) is 0 Å². The van der Waals surface area contributed by atoms with E-state index in [-0.39, 0.29) is 11.8 Å². The average molecular weight is 293 g/mol. The lowest BCUT2D eigenvalue weighted by molar-refractivity contribution is -0.117. The summed E-state index contributed by atoms with van der Waals surface area (Å²) in [6, 6.07) is 16.6. The van der Waals surface area contributed by atoms with E-state index < -0.39 is 6.04 Å². The lowest BCUT2D eigenvalue weighted by Gasteiger charge is -2.14. The minimum absolute atomic E-state index is 0.311. The molecule has 0 aliphatic carbocycles. The Labute approximate surface area is 128 Å². The van der Waals surface area contributed by atoms with Crippen molar-refractivity contribution in [3.05, 3.63) is 65.7 Å². The van der Waals surface area contributed by atoms with E-state index in [2.05, 4.69) is 10.6 Å². The third-order valence-corrected chi connectivity index (χ3v) is 3.04. The van der Waals surface area contributed by atoms with Crippen molar-refractivity contribution in [3.8, 4) is 6.07 Å². The number of nitriles is 1. The molecule has 1 unspecified atom stereocenters. The Hall–Kier alpha value is -3.13. The summed E-state index contributed by atoms with van der Waals surface area (Å²) >= 11 is 0. The molecule has 0 aliphatic rings. The van der Waals surface area contributed by atoms with Gasteiger partial charge in [0.1, 0.15) is 6.04 Å². The van der Waals surface area contributed by atoms with Gasteiger partial charge in [0.05, 0.1) is 11.6 Å². The number of carbonyl (C=O) groups is 2. The predicted octanol–water partition coefficient (Wildman–Crippen LogP) is 2.32. The monoisotopic (exact) mass is 293 g/mol. The molecule has 0 bridgehead atoms. The highest BCUT2D eigenvalue weighted by molar-refractivity contribution is 6.00. The van der Waals surface area contributed by atoms with Crippen LogP contribution in [-0.4, -0.2) is 17.9 Å². The largest absolute Gasteiger partial charge is 0.341 e. The maximum absolute atomic E-state index is 12.1. The van der Waals surface area contributed by atoms with Crippen LogP contribution in [0, 0.1) is 11.3 Å². The summed E-state index contributed by atoms with van der Waals surface area (Å²) in [4.78, 5) is 24.0. The molecular formula is C17H15N3O2. The first-order valence-corrected chi connectivity index (χ1v) is 6.77. The number of nitrogens with zero attached hydrogens (tertiary/aromatic N) is 1. The van der Waals surface area contributed by atoms with Gasteiger partial charge in [-0.25, -0.2) is 0 Å². The molecule has 5 nitrogen and oxygen atoms in total. The summed E-state index contributed by atoms with van der Waals surface area (Å²) in [5.74, 6) is -0.659. The quantitative estimate of drug-likeness (QED) is 0.907. The van der Waals surface area contributed by atoms with Gasteiger partial charge in [-0.05, 0) is 37.3 Å². The first-order valence-electron chi connectivity index (χ1n) is 6.77. The van der Waals surface area contributed by atoms with Crippen LogP contribution in [0.25, 0.3) is 0 Å². The molecule has 2 aromatic carbocycles. The Balaban J connectivity index is 1.97. The van der Waals surface area contributed by atoms with Gasteiger partial charge in [0, 0.05) is 11.3 Å². The maximum atomic E-state index is 12.1. The van der Waals surface area contributed by atoms with Crippen LogP contribution in [0.3, 0.4) is 0 Å². The van der Waals surface area contributed by atoms with Crippen molar-refractivity contribution in [1.82, 2.24) is 5.32 Å². The minimum atomic E-state index is -0.696. The molecule has 0 aliphatic heterocycles. The van der Waals surface area contributed by atoms with Crippen LogP contribution in [0.4, 0.5) is 5.69 Å². The normalized spacial score (nSPS) is 11.1. The van der Waals surface area contributed by atoms with Crippen molar-refractivity contribution in [2.75, 3.05) is 5.32 Å². The van der Waals surface area contributed by atoms with E-state index in [9.17, 15) is 9.59 Å². The molecule has 22 heavy (non-hydrogen) atoms. The lowest BCUT2D eigenvalue weighted by atomic mass is 10.2. The van der Waals surface area contributed by atoms with Gasteiger partial charge >= 0.3 is 0 Å². The molecule has 110 valence electrons. The van der Waals surface area contributed by atoms with Crippen molar-refractivity contribution in [2.24, 2.45) is 0 Å². The smallest absolute Gasteiger partial charge is 0.251 e. The Morgan fingerprint density at radius 2 is 1.82 bits per heavy atom. The van der Waals surface area contributed by atoms with Gasteiger partial charge in [0.15, 0.2) is 0 Å². The van der Waals surface area contributed by atoms with Crippen molar-refractivity contribution in [2.45, 2.75) is 13.0 Å². The Kier molecular flexibility index (Phi) is 4.89. The van der Waals surface area contributed by atoms with Crippen molar-refractivity contribution >= 4 is 17.5 Å². The number of anilines is 1. The van der Waals surface area contributed by atoms with E-state index in [4.69, 9.17) is 5.26 Å². The number of amides is 2. The van der Waals surface area contributed by atoms with Crippen LogP contribution >= 0.6 is 0 Å². The van der Waals surface area contributed by atoms with Crippen molar-refractivity contribution < 1.29 is 9.59 Å². The SMILES string of the molecule is CC(NC(=O)c1ccccc1)C(=O)Nc1cccc(C#N)c1. The first kappa shape index (κ1) is 15.3. The molecule has 2 aromatic rings. The Bertz CT molecular complexity index is 720. The summed E-state index contributed by atoms with van der Waals surface area (Å²) < 4.78 is 0. The summed E-state index contributed by atoms with van der Waals surface area (Å²) in [6.07, 6.45) is 0. The zero-order valence-electron chi connectivity index (χ0n) is 12.0. The van der Waals surface area contributed by atoms with Crippen LogP contribution in [0.5, 0.6) is 0 Å². The van der Waals surface area contributed by atoms with E-state index in [1.165, 1.54) is 0 Å². The van der Waals surface area contributed by atoms with E-state index in [0.29, 0.717) is 16.8 Å². The number of rotatable bonds is 4. The molecule has 0 spiro atoms. The minimum Gasteiger partial charge on any atom is -0.341 e. The Morgan fingerprint density at radius 3 is 2.50 bits per heavy atom. The number of carbonyl (C=O) groups excluding carboxylic acids is 2. The van der Waals surface area contributed by atoms with Gasteiger partial charge in [-0.2, -0.15) is 5.26 Å². The highest BCUT2D eigenvalue weighted by atomic mass is 16.2. The second kappa shape index (κ2) is 7.04. The van der Waals surface area contributed by atoms with Crippen molar-refractivity contribution in [1.29, 1.82) is 5.26 Å². The zero-order chi connectivity index (χ0) is 15.9. The van der Waals surface area contributed by atoms with Gasteiger partial charge in [0.25, 0.3) is 5.91 Å². The van der Waals surface area contributed by atoms with Crippen LogP contribution in [0.15, 0.2) is 54.6 Å². The van der Waals surface area contributed by atoms with E-state index in [1.54, 1.807) is 55.5 Å². The second-order valence-corrected chi connectivity index (χ2v) is 4.74. The predicted molar refractivity (Wildman–Crippen MR) is 83.2 cm³/mol. The third-order valence-electron chi connectivity index (χ3n) is 3.04. The molecule has 0 radical (unpaired) electrons. The van der Waals surface area contributed by atoms with Gasteiger partial charge in [0.2, 0.25) is 5.91 Å². The Morgan fingerprint density at radius 1 is 1.09 bits per heavy atom. The van der Waals surface area contributed by atoms with Crippen LogP contribution in [-0.2, 0) is 4.79 Å². The third kappa shape index (κ3) is 3.93. The summed E-state index contributed by atoms with van der Waals surface area (Å²) in [5.41, 5.74) is 1.47. The van der Waals surface area contributed by atoms with E-state index in [0.717, 1.165) is 0 Å². The molecule has 0 aromatic heterocycles. The standard InChI is InChI=1S/C17H15N3O2/c1-12(19-17(22)14-7-3-2-4-8-14)16(21)20-15-9-5-6-13(10-15)11-18/h2-10,12H,1H3,(H,19,22)(H,20,21). The van der Waals surface area contributed by atoms with Gasteiger partial charge < -0.3 is 10.6 Å². The number of benzene rings is 2. The molecule has 5 heteroatoms. The van der Waals surface area contributed by atoms with Crippen LogP contribution in [0.1, 0.15) is 22.8 Å². The van der Waals surface area contributed by atoms with Crippen LogP contribution < -0.4 is 10.6 Å². The summed E-state index contributed by atoms with van der Waals surface area (Å²) in [5, 5.41) is 14.1. The highest BCUT2D eigenvalue weighted by Gasteiger charge is 2.16. The molecule has 2 N–H and O–H groups in total. The molecule has 0 saturated carbocycles. The van der Waals surface area contributed by atoms with Gasteiger partial charge in [-0.1, -0.05) is 24.3 Å². The topological polar surface area (TPSA) is 82.0 Å². The lowest BCUT2D eigenvalue weighted by Crippen LogP contribution is -2.41. The number of hydrogen-bond donors (Lipinski definition) is 2. The zero-order valence-corrected chi connectivity index (χ0v) is 12.0. The second-order valence-electron chi connectivity index (χ2n) is 4.74. The van der Waals surface area contributed by atoms with E-state index >= 15 is 0 Å². The number of hydrogen-bond acceptors (Lipinski definition) is 3. The molecule has 1 atom stereocenters. The fraction of sp³-hybridized carbons (Fsp3) is 0.118. The van der Waals surface area contributed by atoms with Crippen LogP contribution in [0.2, 0.25) is 0 Å². The molecule has 2 amide bonds. The number of nitrogens with one attached hydrogen (secondary N) is 2. The van der Waals surface area contributed by atoms with E-state index in [1.807, 2.05) is 12.1 Å². The van der Waals surface area contributed by atoms with Gasteiger partial charge in [-0.3, -0.25) is 9.59 Å². The molecule has 0 saturated heterocycles. The summed E-state index contributed by atoms with van der Waals surface area (Å²) in [6.45, 7) is 1.60. The fourth-order valence-electron chi connectivity index (χ4n) is 1.85. The molecule has 0 fully saturated rings. The average Bonchev–Trinajstić information content (AvgIpc) is 2.55. The maximum Gasteiger partial charge on any atom is 0.251 e. The summed E-state index contributed by atoms with van der Waals surface area (Å²) in [7, 11) is 0.